The first kappa shape index (κ1) is 21.6. The molecular weight excluding hydrogens is 465 g/mol. The molecule has 3 aromatic heterocycles. The largest absolute Gasteiger partial charge is 0.378 e. The molecule has 174 valence electrons. The van der Waals surface area contributed by atoms with Gasteiger partial charge in [-0.3, -0.25) is 14.8 Å². The molecule has 2 aromatic carbocycles. The molecule has 0 saturated carbocycles. The number of rotatable bonds is 4. The standard InChI is InChI=1S/C26H20FN5O2S/c27-20-13-24(26(33)32-7-9-34-10-8-32)29-14-19(20)16-1-3-21-18(11-16)22(5-6-28-21)31-17-2-4-25-23(12-17)30-15-35-25/h1-6,11-15H,7-10H2,(H,28,31). The van der Waals surface area contributed by atoms with Crippen molar-refractivity contribution < 1.29 is 13.9 Å². The molecule has 35 heavy (non-hydrogen) atoms. The fourth-order valence-electron chi connectivity index (χ4n) is 4.20. The molecule has 1 saturated heterocycles. The van der Waals surface area contributed by atoms with Crippen LogP contribution in [0.15, 0.2) is 66.4 Å². The topological polar surface area (TPSA) is 80.2 Å². The third-order valence-corrected chi connectivity index (χ3v) is 6.84. The zero-order valence-electron chi connectivity index (χ0n) is 18.6. The van der Waals surface area contributed by atoms with Gasteiger partial charge in [-0.1, -0.05) is 6.07 Å². The van der Waals surface area contributed by atoms with Gasteiger partial charge in [-0.15, -0.1) is 11.3 Å². The summed E-state index contributed by atoms with van der Waals surface area (Å²) >= 11 is 1.60. The van der Waals surface area contributed by atoms with Gasteiger partial charge in [0.15, 0.2) is 0 Å². The van der Waals surface area contributed by atoms with Gasteiger partial charge in [0, 0.05) is 53.9 Å². The molecule has 0 bridgehead atoms. The van der Waals surface area contributed by atoms with Crippen LogP contribution in [0.2, 0.25) is 0 Å². The molecule has 0 atom stereocenters. The maximum absolute atomic E-state index is 15.2. The minimum atomic E-state index is -0.497. The average molecular weight is 486 g/mol. The van der Waals surface area contributed by atoms with E-state index in [9.17, 15) is 4.79 Å². The van der Waals surface area contributed by atoms with Gasteiger partial charge >= 0.3 is 0 Å². The van der Waals surface area contributed by atoms with E-state index in [-0.39, 0.29) is 11.6 Å². The van der Waals surface area contributed by atoms with E-state index in [1.54, 1.807) is 22.4 Å². The quantitative estimate of drug-likeness (QED) is 0.374. The van der Waals surface area contributed by atoms with E-state index >= 15 is 4.39 Å². The molecule has 0 aliphatic carbocycles. The van der Waals surface area contributed by atoms with Crippen molar-refractivity contribution in [2.45, 2.75) is 0 Å². The molecule has 5 aromatic rings. The number of benzene rings is 2. The van der Waals surface area contributed by atoms with Gasteiger partial charge in [-0.25, -0.2) is 9.37 Å². The maximum Gasteiger partial charge on any atom is 0.272 e. The molecule has 0 unspecified atom stereocenters. The van der Waals surface area contributed by atoms with Crippen molar-refractivity contribution in [3.63, 3.8) is 0 Å². The molecule has 1 aliphatic heterocycles. The lowest BCUT2D eigenvalue weighted by Gasteiger charge is -2.26. The van der Waals surface area contributed by atoms with Gasteiger partial charge in [-0.2, -0.15) is 0 Å². The summed E-state index contributed by atoms with van der Waals surface area (Å²) in [6.45, 7) is 1.91. The molecule has 0 spiro atoms. The summed E-state index contributed by atoms with van der Waals surface area (Å²) in [5, 5.41) is 4.28. The van der Waals surface area contributed by atoms with Gasteiger partial charge < -0.3 is 15.0 Å². The summed E-state index contributed by atoms with van der Waals surface area (Å²) in [5.41, 5.74) is 6.35. The van der Waals surface area contributed by atoms with Crippen LogP contribution in [0.25, 0.3) is 32.2 Å². The van der Waals surface area contributed by atoms with Gasteiger partial charge in [0.25, 0.3) is 5.91 Å². The summed E-state index contributed by atoms with van der Waals surface area (Å²) in [5.74, 6) is -0.784. The first-order valence-corrected chi connectivity index (χ1v) is 12.1. The Kier molecular flexibility index (Phi) is 5.55. The van der Waals surface area contributed by atoms with Crippen LogP contribution in [0.3, 0.4) is 0 Å². The monoisotopic (exact) mass is 485 g/mol. The van der Waals surface area contributed by atoms with Crippen molar-refractivity contribution in [1.82, 2.24) is 19.9 Å². The normalized spacial score (nSPS) is 13.9. The molecule has 4 heterocycles. The number of amides is 1. The number of aromatic nitrogens is 3. The van der Waals surface area contributed by atoms with Crippen molar-refractivity contribution in [2.75, 3.05) is 31.6 Å². The summed E-state index contributed by atoms with van der Waals surface area (Å²) in [7, 11) is 0. The Balaban J connectivity index is 1.33. The van der Waals surface area contributed by atoms with Crippen LogP contribution >= 0.6 is 11.3 Å². The van der Waals surface area contributed by atoms with E-state index in [1.165, 1.54) is 12.3 Å². The summed E-state index contributed by atoms with van der Waals surface area (Å²) in [4.78, 5) is 27.4. The fourth-order valence-corrected chi connectivity index (χ4v) is 4.86. The number of ether oxygens (including phenoxy) is 1. The lowest BCUT2D eigenvalue weighted by Crippen LogP contribution is -2.41. The number of nitrogens with zero attached hydrogens (tertiary/aromatic N) is 4. The molecule has 1 N–H and O–H groups in total. The Morgan fingerprint density at radius 1 is 1.00 bits per heavy atom. The number of carbonyl (C=O) groups excluding carboxylic acids is 1. The van der Waals surface area contributed by atoms with E-state index < -0.39 is 5.82 Å². The Hall–Kier alpha value is -3.95. The first-order valence-electron chi connectivity index (χ1n) is 11.2. The molecular formula is C26H20FN5O2S. The first-order chi connectivity index (χ1) is 17.2. The van der Waals surface area contributed by atoms with Gasteiger partial charge in [0.2, 0.25) is 0 Å². The van der Waals surface area contributed by atoms with Gasteiger partial charge in [0.1, 0.15) is 11.5 Å². The molecule has 1 fully saturated rings. The van der Waals surface area contributed by atoms with Crippen molar-refractivity contribution >= 4 is 49.7 Å². The molecule has 7 nitrogen and oxygen atoms in total. The number of thiazole rings is 1. The highest BCUT2D eigenvalue weighted by Gasteiger charge is 2.21. The van der Waals surface area contributed by atoms with Crippen molar-refractivity contribution in [1.29, 1.82) is 0 Å². The molecule has 0 radical (unpaired) electrons. The van der Waals surface area contributed by atoms with Crippen LogP contribution < -0.4 is 5.32 Å². The number of halogens is 1. The number of pyridine rings is 2. The number of morpholine rings is 1. The predicted octanol–water partition coefficient (Wildman–Crippen LogP) is 5.26. The smallest absolute Gasteiger partial charge is 0.272 e. The van der Waals surface area contributed by atoms with E-state index in [4.69, 9.17) is 4.74 Å². The number of hydrogen-bond acceptors (Lipinski definition) is 7. The van der Waals surface area contributed by atoms with E-state index in [2.05, 4.69) is 20.3 Å². The van der Waals surface area contributed by atoms with Crippen molar-refractivity contribution in [3.8, 4) is 11.1 Å². The number of hydrogen-bond donors (Lipinski definition) is 1. The van der Waals surface area contributed by atoms with Crippen LogP contribution in [-0.4, -0.2) is 52.1 Å². The minimum absolute atomic E-state index is 0.0930. The van der Waals surface area contributed by atoms with Crippen LogP contribution in [0.1, 0.15) is 10.5 Å². The number of anilines is 2. The highest BCUT2D eigenvalue weighted by molar-refractivity contribution is 7.16. The summed E-state index contributed by atoms with van der Waals surface area (Å²) < 4.78 is 21.6. The van der Waals surface area contributed by atoms with E-state index in [0.717, 1.165) is 32.5 Å². The Labute approximate surface area is 204 Å². The van der Waals surface area contributed by atoms with Gasteiger partial charge in [0.05, 0.1) is 34.5 Å². The number of fused-ring (bicyclic) bond motifs is 2. The van der Waals surface area contributed by atoms with E-state index in [0.29, 0.717) is 37.4 Å². The number of carbonyl (C=O) groups is 1. The number of nitrogens with one attached hydrogen (secondary N) is 1. The van der Waals surface area contributed by atoms with Crippen LogP contribution in [-0.2, 0) is 4.74 Å². The Morgan fingerprint density at radius 3 is 2.74 bits per heavy atom. The summed E-state index contributed by atoms with van der Waals surface area (Å²) in [6, 6.07) is 14.7. The zero-order chi connectivity index (χ0) is 23.8. The van der Waals surface area contributed by atoms with E-state index in [1.807, 2.05) is 48.0 Å². The van der Waals surface area contributed by atoms with Crippen LogP contribution in [0.4, 0.5) is 15.8 Å². The van der Waals surface area contributed by atoms with Gasteiger partial charge in [-0.05, 0) is 42.0 Å². The van der Waals surface area contributed by atoms with Crippen LogP contribution in [0, 0.1) is 5.82 Å². The second-order valence-corrected chi connectivity index (χ2v) is 9.09. The third-order valence-electron chi connectivity index (χ3n) is 6.03. The average Bonchev–Trinajstić information content (AvgIpc) is 3.37. The third kappa shape index (κ3) is 4.20. The SMILES string of the molecule is O=C(c1cc(F)c(-c2ccc3nccc(Nc4ccc5scnc5c4)c3c2)cn1)N1CCOCC1. The molecule has 9 heteroatoms. The minimum Gasteiger partial charge on any atom is -0.378 e. The maximum atomic E-state index is 15.2. The highest BCUT2D eigenvalue weighted by Crippen LogP contribution is 2.32. The van der Waals surface area contributed by atoms with Crippen LogP contribution in [0.5, 0.6) is 0 Å². The molecule has 1 aliphatic rings. The predicted molar refractivity (Wildman–Crippen MR) is 135 cm³/mol. The Bertz CT molecular complexity index is 1560. The lowest BCUT2D eigenvalue weighted by molar-refractivity contribution is 0.0298. The summed E-state index contributed by atoms with van der Waals surface area (Å²) in [6.07, 6.45) is 3.16. The molecule has 6 rings (SSSR count). The van der Waals surface area contributed by atoms with Crippen molar-refractivity contribution in [2.24, 2.45) is 0 Å². The zero-order valence-corrected chi connectivity index (χ0v) is 19.4. The van der Waals surface area contributed by atoms with Crippen molar-refractivity contribution in [3.05, 3.63) is 77.9 Å². The Morgan fingerprint density at radius 2 is 1.89 bits per heavy atom. The molecule has 1 amide bonds. The highest BCUT2D eigenvalue weighted by atomic mass is 32.1. The second-order valence-electron chi connectivity index (χ2n) is 8.20. The fraction of sp³-hybridized carbons (Fsp3) is 0.154. The lowest BCUT2D eigenvalue weighted by atomic mass is 10.0. The second kappa shape index (κ2) is 9.01.